The number of hydrogen-bond donors (Lipinski definition) is 0. The minimum absolute atomic E-state index is 0.245. The lowest BCUT2D eigenvalue weighted by atomic mass is 10.0. The van der Waals surface area contributed by atoms with Crippen molar-refractivity contribution in [2.45, 2.75) is 169 Å². The Morgan fingerprint density at radius 1 is 0.383 bits per heavy atom. The van der Waals surface area contributed by atoms with Gasteiger partial charge in [0, 0.05) is 10.6 Å². The highest BCUT2D eigenvalue weighted by Gasteiger charge is 2.38. The molecule has 0 aliphatic heterocycles. The molecule has 8 unspecified atom stereocenters. The average Bonchev–Trinajstić information content (AvgIpc) is 3.66. The first kappa shape index (κ1) is 68.2. The van der Waals surface area contributed by atoms with E-state index in [1.165, 1.54) is 0 Å². The number of rotatable bonds is 39. The summed E-state index contributed by atoms with van der Waals surface area (Å²) >= 11 is 0. The van der Waals surface area contributed by atoms with Gasteiger partial charge in [-0.25, -0.2) is 0 Å². The van der Waals surface area contributed by atoms with Crippen molar-refractivity contribution in [3.8, 4) is 68.2 Å². The van der Waals surface area contributed by atoms with Crippen molar-refractivity contribution in [3.05, 3.63) is 96.9 Å². The fourth-order valence-electron chi connectivity index (χ4n) is 8.04. The van der Waals surface area contributed by atoms with Crippen LogP contribution in [0.25, 0.3) is 22.3 Å². The van der Waals surface area contributed by atoms with Crippen molar-refractivity contribution in [1.29, 1.82) is 0 Å². The predicted molar refractivity (Wildman–Crippen MR) is 343 cm³/mol. The van der Waals surface area contributed by atoms with E-state index in [9.17, 15) is 0 Å². The Morgan fingerprint density at radius 2 is 0.630 bits per heavy atom. The monoisotopic (exact) mass is 1130 g/mol. The van der Waals surface area contributed by atoms with Gasteiger partial charge in [-0.15, -0.1) is 0 Å². The molecule has 4 aromatic carbocycles. The van der Waals surface area contributed by atoms with Crippen LogP contribution in [0.3, 0.4) is 0 Å². The van der Waals surface area contributed by atoms with Crippen LogP contribution >= 0.6 is 7.14 Å². The lowest BCUT2D eigenvalue weighted by molar-refractivity contribution is 0.217. The van der Waals surface area contributed by atoms with Crippen molar-refractivity contribution >= 4 is 17.8 Å². The molecule has 81 heavy (non-hydrogen) atoms. The summed E-state index contributed by atoms with van der Waals surface area (Å²) in [5.41, 5.74) is 3.02. The van der Waals surface area contributed by atoms with Crippen molar-refractivity contribution in [1.82, 2.24) is 0 Å². The lowest BCUT2D eigenvalue weighted by Gasteiger charge is -2.29. The fraction of sp³-hybridized carbons (Fsp3) is 0.577. The molecule has 0 heterocycles. The lowest BCUT2D eigenvalue weighted by Crippen LogP contribution is -2.23. The van der Waals surface area contributed by atoms with Crippen LogP contribution in [0.4, 0.5) is 0 Å². The summed E-state index contributed by atoms with van der Waals surface area (Å²) in [5.74, 6) is 7.15. The molecule has 8 atom stereocenters. The first-order valence-electron chi connectivity index (χ1n) is 31.1. The molecule has 0 amide bonds. The van der Waals surface area contributed by atoms with Crippen LogP contribution in [0.1, 0.15) is 169 Å². The second-order valence-electron chi connectivity index (χ2n) is 23.6. The Balaban J connectivity index is 2.37. The Morgan fingerprint density at radius 3 is 0.889 bits per heavy atom. The molecule has 9 nitrogen and oxygen atoms in total. The van der Waals surface area contributed by atoms with Gasteiger partial charge < -0.3 is 42.5 Å². The maximum Gasteiger partial charge on any atom is 0.168 e. The van der Waals surface area contributed by atoms with Gasteiger partial charge in [0.15, 0.2) is 53.1 Å². The first-order valence-corrected chi connectivity index (χ1v) is 32.8. The van der Waals surface area contributed by atoms with Crippen molar-refractivity contribution in [2.24, 2.45) is 47.3 Å². The number of ether oxygens (including phenoxy) is 8. The van der Waals surface area contributed by atoms with Crippen LogP contribution < -0.4 is 48.5 Å². The SMILES string of the molecule is C=C/C=C\C=C(/C)P(=O)(c1cc(OCC(C)CC)c(OCC(C)CC)cc1-c1ccc(OCC(C)CC)c(OCC(C)CC)c1)c1cc(OCC(C)CC)c(OCC(C)CC)cc1-c1ccc(OCC(C)CC)c(OCC(C)CC)c1. The predicted octanol–water partition coefficient (Wildman–Crippen LogP) is 19.4. The van der Waals surface area contributed by atoms with E-state index in [-0.39, 0.29) is 23.7 Å². The molecule has 0 aliphatic carbocycles. The van der Waals surface area contributed by atoms with Crippen LogP contribution in [0, 0.1) is 47.3 Å². The highest BCUT2D eigenvalue weighted by Crippen LogP contribution is 2.58. The molecule has 0 N–H and O–H groups in total. The quantitative estimate of drug-likeness (QED) is 0.0320. The molecule has 450 valence electrons. The van der Waals surface area contributed by atoms with E-state index in [0.717, 1.165) is 62.5 Å². The Labute approximate surface area is 492 Å². The molecule has 0 bridgehead atoms. The minimum atomic E-state index is -4.08. The van der Waals surface area contributed by atoms with Gasteiger partial charge in [-0.2, -0.15) is 0 Å². The average molecular weight is 1140 g/mol. The van der Waals surface area contributed by atoms with E-state index < -0.39 is 7.14 Å². The highest BCUT2D eigenvalue weighted by molar-refractivity contribution is 7.82. The normalized spacial score (nSPS) is 15.6. The van der Waals surface area contributed by atoms with Crippen LogP contribution in [0.5, 0.6) is 46.0 Å². The second-order valence-corrected chi connectivity index (χ2v) is 26.5. The van der Waals surface area contributed by atoms with Gasteiger partial charge in [-0.05, 0) is 130 Å². The third-order valence-electron chi connectivity index (χ3n) is 16.2. The smallest absolute Gasteiger partial charge is 0.168 e. The molecular weight excluding hydrogens is 1030 g/mol. The summed E-state index contributed by atoms with van der Waals surface area (Å²) in [7, 11) is -4.08. The maximum atomic E-state index is 18.2. The van der Waals surface area contributed by atoms with Crippen LogP contribution in [-0.2, 0) is 4.57 Å². The van der Waals surface area contributed by atoms with Gasteiger partial charge in [-0.1, -0.05) is 205 Å². The minimum Gasteiger partial charge on any atom is -0.489 e. The summed E-state index contributed by atoms with van der Waals surface area (Å²) in [6.45, 7) is 44.8. The summed E-state index contributed by atoms with van der Waals surface area (Å²) in [6, 6.07) is 20.3. The number of allylic oxidation sites excluding steroid dienone is 5. The standard InChI is InChI=1S/C71H107O9P/c1-19-28-29-30-57(18)81(72,70-39-68(79-47-55(16)26-8)66(77-45-53(14)24-6)37-60(70)58-31-33-62(73-41-49(10)20-2)64(35-58)75-43-51(12)22-4)71-40-69(80-48-56(17)27-9)67(78-46-54(15)25-7)38-61(71)59-32-34-63(74-42-50(11)21-3)65(36-59)76-44-52(13)23-5/h19,28-40,49-56H,1,20-27,41-48H2,2-18H3/b29-28-,57-30+. The van der Waals surface area contributed by atoms with Gasteiger partial charge in [0.25, 0.3) is 0 Å². The third kappa shape index (κ3) is 20.2. The molecular formula is C71H107O9P. The van der Waals surface area contributed by atoms with Crippen LogP contribution in [0.15, 0.2) is 96.9 Å². The van der Waals surface area contributed by atoms with Crippen molar-refractivity contribution in [2.75, 3.05) is 52.9 Å². The zero-order valence-corrected chi connectivity index (χ0v) is 54.2. The molecule has 4 aromatic rings. The third-order valence-corrected chi connectivity index (χ3v) is 19.4. The summed E-state index contributed by atoms with van der Waals surface area (Å²) in [6.07, 6.45) is 15.1. The van der Waals surface area contributed by atoms with E-state index in [1.54, 1.807) is 6.08 Å². The zero-order valence-electron chi connectivity index (χ0n) is 53.3. The van der Waals surface area contributed by atoms with E-state index in [0.29, 0.717) is 150 Å². The Hall–Kier alpha value is -5.27. The number of benzene rings is 4. The molecule has 4 rings (SSSR count). The summed E-state index contributed by atoms with van der Waals surface area (Å²) < 4.78 is 72.3. The Bertz CT molecular complexity index is 2480. The van der Waals surface area contributed by atoms with E-state index in [1.807, 2.05) is 61.5 Å². The largest absolute Gasteiger partial charge is 0.489 e. The molecule has 0 fully saturated rings. The van der Waals surface area contributed by atoms with Crippen molar-refractivity contribution < 1.29 is 42.5 Å². The highest BCUT2D eigenvalue weighted by atomic mass is 31.2. The maximum absolute atomic E-state index is 18.2. The van der Waals surface area contributed by atoms with Crippen LogP contribution in [0.2, 0.25) is 0 Å². The zero-order chi connectivity index (χ0) is 59.6. The molecule has 0 spiro atoms. The van der Waals surface area contributed by atoms with Gasteiger partial charge in [-0.3, -0.25) is 0 Å². The van der Waals surface area contributed by atoms with Crippen LogP contribution in [-0.4, -0.2) is 52.9 Å². The molecule has 0 aromatic heterocycles. The van der Waals surface area contributed by atoms with E-state index >= 15 is 4.57 Å². The summed E-state index contributed by atoms with van der Waals surface area (Å²) in [4.78, 5) is 0. The van der Waals surface area contributed by atoms with Gasteiger partial charge in [0.05, 0.1) is 52.9 Å². The molecule has 0 aliphatic rings. The molecule has 0 saturated heterocycles. The van der Waals surface area contributed by atoms with Gasteiger partial charge in [0.1, 0.15) is 0 Å². The molecule has 0 saturated carbocycles. The molecule has 10 heteroatoms. The first-order chi connectivity index (χ1) is 38.8. The fourth-order valence-corrected chi connectivity index (χ4v) is 11.0. The van der Waals surface area contributed by atoms with Gasteiger partial charge in [0.2, 0.25) is 0 Å². The molecule has 0 radical (unpaired) electrons. The van der Waals surface area contributed by atoms with Crippen molar-refractivity contribution in [3.63, 3.8) is 0 Å². The Kier molecular flexibility index (Phi) is 29.5. The second kappa shape index (κ2) is 35.0. The van der Waals surface area contributed by atoms with E-state index in [2.05, 4.69) is 142 Å². The van der Waals surface area contributed by atoms with E-state index in [4.69, 9.17) is 37.9 Å². The summed E-state index contributed by atoms with van der Waals surface area (Å²) in [5, 5.41) is 1.78. The number of hydrogen-bond acceptors (Lipinski definition) is 9. The van der Waals surface area contributed by atoms with Gasteiger partial charge >= 0.3 is 0 Å². The topological polar surface area (TPSA) is 90.9 Å².